The molecule has 2 aromatic rings. The standard InChI is InChI=1S/C13H14BrF2N3O2/c1-20-6-2-3-9(17)13-18-12(19-21-13)7-4-5-8(15)11(16)10(7)14/h4-5,9H,2-3,6,17H2,1H3. The summed E-state index contributed by atoms with van der Waals surface area (Å²) in [5, 5.41) is 3.75. The number of hydrogen-bond donors (Lipinski definition) is 1. The lowest BCUT2D eigenvalue weighted by Gasteiger charge is -2.05. The van der Waals surface area contributed by atoms with E-state index in [1.54, 1.807) is 7.11 Å². The van der Waals surface area contributed by atoms with Gasteiger partial charge < -0.3 is 15.0 Å². The number of aromatic nitrogens is 2. The third-order valence-electron chi connectivity index (χ3n) is 2.90. The van der Waals surface area contributed by atoms with Gasteiger partial charge in [-0.15, -0.1) is 0 Å². The molecule has 0 spiro atoms. The van der Waals surface area contributed by atoms with Crippen LogP contribution in [0.4, 0.5) is 8.78 Å². The molecule has 1 heterocycles. The fourth-order valence-electron chi connectivity index (χ4n) is 1.76. The molecule has 21 heavy (non-hydrogen) atoms. The molecule has 8 heteroatoms. The second kappa shape index (κ2) is 7.06. The molecule has 0 radical (unpaired) electrons. The van der Waals surface area contributed by atoms with Gasteiger partial charge in [0.25, 0.3) is 0 Å². The molecule has 0 saturated carbocycles. The Labute approximate surface area is 128 Å². The summed E-state index contributed by atoms with van der Waals surface area (Å²) in [5.74, 6) is -1.55. The average molecular weight is 362 g/mol. The minimum atomic E-state index is -0.997. The smallest absolute Gasteiger partial charge is 0.243 e. The van der Waals surface area contributed by atoms with Gasteiger partial charge in [0.05, 0.1) is 10.5 Å². The van der Waals surface area contributed by atoms with Gasteiger partial charge in [0, 0.05) is 19.3 Å². The van der Waals surface area contributed by atoms with Gasteiger partial charge in [0.1, 0.15) is 0 Å². The largest absolute Gasteiger partial charge is 0.385 e. The highest BCUT2D eigenvalue weighted by molar-refractivity contribution is 9.10. The van der Waals surface area contributed by atoms with Crippen molar-refractivity contribution in [2.75, 3.05) is 13.7 Å². The monoisotopic (exact) mass is 361 g/mol. The second-order valence-corrected chi connectivity index (χ2v) is 5.21. The molecule has 0 fully saturated rings. The second-order valence-electron chi connectivity index (χ2n) is 4.42. The summed E-state index contributed by atoms with van der Waals surface area (Å²) in [6, 6.07) is 1.95. The van der Waals surface area contributed by atoms with Crippen LogP contribution in [0.2, 0.25) is 0 Å². The molecular formula is C13H14BrF2N3O2. The first-order chi connectivity index (χ1) is 10.0. The maximum absolute atomic E-state index is 13.5. The van der Waals surface area contributed by atoms with E-state index >= 15 is 0 Å². The number of rotatable bonds is 6. The van der Waals surface area contributed by atoms with Crippen molar-refractivity contribution < 1.29 is 18.0 Å². The Morgan fingerprint density at radius 1 is 1.43 bits per heavy atom. The number of halogens is 3. The van der Waals surface area contributed by atoms with E-state index in [1.165, 1.54) is 6.07 Å². The molecular weight excluding hydrogens is 348 g/mol. The molecule has 0 saturated heterocycles. The molecule has 2 rings (SSSR count). The molecule has 1 aromatic carbocycles. The summed E-state index contributed by atoms with van der Waals surface area (Å²) in [6.07, 6.45) is 1.37. The van der Waals surface area contributed by atoms with Crippen molar-refractivity contribution in [2.45, 2.75) is 18.9 Å². The van der Waals surface area contributed by atoms with Gasteiger partial charge in [-0.05, 0) is 40.9 Å². The van der Waals surface area contributed by atoms with Crippen molar-refractivity contribution in [1.29, 1.82) is 0 Å². The molecule has 0 aliphatic carbocycles. The number of ether oxygens (including phenoxy) is 1. The normalized spacial score (nSPS) is 12.6. The van der Waals surface area contributed by atoms with Crippen LogP contribution in [0, 0.1) is 11.6 Å². The van der Waals surface area contributed by atoms with Crippen molar-refractivity contribution in [2.24, 2.45) is 5.73 Å². The summed E-state index contributed by atoms with van der Waals surface area (Å²) in [5.41, 5.74) is 6.22. The zero-order valence-corrected chi connectivity index (χ0v) is 12.9. The van der Waals surface area contributed by atoms with Crippen molar-refractivity contribution in [3.05, 3.63) is 34.1 Å². The Morgan fingerprint density at radius 3 is 2.90 bits per heavy atom. The van der Waals surface area contributed by atoms with E-state index in [-0.39, 0.29) is 16.2 Å². The Kier molecular flexibility index (Phi) is 5.38. The number of benzene rings is 1. The Hall–Kier alpha value is -1.38. The van der Waals surface area contributed by atoms with E-state index in [0.29, 0.717) is 18.6 Å². The SMILES string of the molecule is COCCCC(N)c1nc(-c2ccc(F)c(F)c2Br)no1. The lowest BCUT2D eigenvalue weighted by atomic mass is 10.1. The maximum atomic E-state index is 13.5. The minimum absolute atomic E-state index is 0.0530. The van der Waals surface area contributed by atoms with Gasteiger partial charge in [0.2, 0.25) is 11.7 Å². The highest BCUT2D eigenvalue weighted by Crippen LogP contribution is 2.30. The number of nitrogens with zero attached hydrogens (tertiary/aromatic N) is 2. The molecule has 1 unspecified atom stereocenters. The molecule has 2 N–H and O–H groups in total. The summed E-state index contributed by atoms with van der Waals surface area (Å²) < 4.78 is 36.5. The molecule has 114 valence electrons. The van der Waals surface area contributed by atoms with Gasteiger partial charge in [-0.2, -0.15) is 4.98 Å². The van der Waals surface area contributed by atoms with Gasteiger partial charge in [-0.3, -0.25) is 0 Å². The Morgan fingerprint density at radius 2 is 2.19 bits per heavy atom. The van der Waals surface area contributed by atoms with E-state index in [1.807, 2.05) is 0 Å². The van der Waals surface area contributed by atoms with E-state index in [2.05, 4.69) is 26.1 Å². The van der Waals surface area contributed by atoms with E-state index in [0.717, 1.165) is 12.5 Å². The Balaban J connectivity index is 2.18. The maximum Gasteiger partial charge on any atom is 0.243 e. The van der Waals surface area contributed by atoms with Gasteiger partial charge >= 0.3 is 0 Å². The van der Waals surface area contributed by atoms with Crippen LogP contribution >= 0.6 is 15.9 Å². The van der Waals surface area contributed by atoms with Crippen LogP contribution in [0.15, 0.2) is 21.1 Å². The van der Waals surface area contributed by atoms with Crippen molar-refractivity contribution >= 4 is 15.9 Å². The van der Waals surface area contributed by atoms with Gasteiger partial charge in [-0.1, -0.05) is 5.16 Å². The molecule has 1 aromatic heterocycles. The predicted molar refractivity (Wildman–Crippen MR) is 75.4 cm³/mol. The fraction of sp³-hybridized carbons (Fsp3) is 0.385. The molecule has 5 nitrogen and oxygen atoms in total. The van der Waals surface area contributed by atoms with Crippen LogP contribution in [0.3, 0.4) is 0 Å². The van der Waals surface area contributed by atoms with Crippen molar-refractivity contribution in [1.82, 2.24) is 10.1 Å². The quantitative estimate of drug-likeness (QED) is 0.631. The first-order valence-corrected chi connectivity index (χ1v) is 7.06. The lowest BCUT2D eigenvalue weighted by molar-refractivity contribution is 0.188. The summed E-state index contributed by atoms with van der Waals surface area (Å²) in [6.45, 7) is 0.587. The van der Waals surface area contributed by atoms with E-state index in [9.17, 15) is 8.78 Å². The summed E-state index contributed by atoms with van der Waals surface area (Å²) in [7, 11) is 1.61. The van der Waals surface area contributed by atoms with Crippen molar-refractivity contribution in [3.8, 4) is 11.4 Å². The zero-order valence-electron chi connectivity index (χ0n) is 11.3. The van der Waals surface area contributed by atoms with Gasteiger partial charge in [-0.25, -0.2) is 8.78 Å². The first kappa shape index (κ1) is 16.0. The van der Waals surface area contributed by atoms with Crippen LogP contribution < -0.4 is 5.73 Å². The molecule has 0 aliphatic rings. The lowest BCUT2D eigenvalue weighted by Crippen LogP contribution is -2.11. The number of methoxy groups -OCH3 is 1. The van der Waals surface area contributed by atoms with Crippen LogP contribution in [0.5, 0.6) is 0 Å². The van der Waals surface area contributed by atoms with Gasteiger partial charge in [0.15, 0.2) is 11.6 Å². The van der Waals surface area contributed by atoms with Crippen LogP contribution in [-0.4, -0.2) is 23.9 Å². The topological polar surface area (TPSA) is 74.2 Å². The van der Waals surface area contributed by atoms with Crippen LogP contribution in [0.25, 0.3) is 11.4 Å². The predicted octanol–water partition coefficient (Wildman–Crippen LogP) is 3.20. The molecule has 1 atom stereocenters. The summed E-state index contributed by atoms with van der Waals surface area (Å²) >= 11 is 2.98. The zero-order chi connectivity index (χ0) is 15.4. The highest BCUT2D eigenvalue weighted by Gasteiger charge is 2.19. The summed E-state index contributed by atoms with van der Waals surface area (Å²) in [4.78, 5) is 4.13. The van der Waals surface area contributed by atoms with E-state index < -0.39 is 17.7 Å². The molecule has 0 bridgehead atoms. The van der Waals surface area contributed by atoms with Crippen LogP contribution in [-0.2, 0) is 4.74 Å². The first-order valence-electron chi connectivity index (χ1n) is 6.26. The number of hydrogen-bond acceptors (Lipinski definition) is 5. The third kappa shape index (κ3) is 3.63. The minimum Gasteiger partial charge on any atom is -0.385 e. The van der Waals surface area contributed by atoms with Crippen molar-refractivity contribution in [3.63, 3.8) is 0 Å². The number of nitrogens with two attached hydrogens (primary N) is 1. The fourth-order valence-corrected chi connectivity index (χ4v) is 2.26. The highest BCUT2D eigenvalue weighted by atomic mass is 79.9. The third-order valence-corrected chi connectivity index (χ3v) is 3.67. The Bertz CT molecular complexity index is 621. The average Bonchev–Trinajstić information content (AvgIpc) is 2.95. The van der Waals surface area contributed by atoms with Crippen LogP contribution in [0.1, 0.15) is 24.8 Å². The molecule has 0 amide bonds. The van der Waals surface area contributed by atoms with E-state index in [4.69, 9.17) is 15.0 Å². The molecule has 0 aliphatic heterocycles.